The van der Waals surface area contributed by atoms with Crippen LogP contribution in [0, 0.1) is 0 Å². The van der Waals surface area contributed by atoms with Crippen LogP contribution in [0.5, 0.6) is 0 Å². The van der Waals surface area contributed by atoms with E-state index < -0.39 is 0 Å². The molecule has 1 nitrogen and oxygen atoms in total. The maximum atomic E-state index is 3.77. The van der Waals surface area contributed by atoms with E-state index >= 15 is 0 Å². The summed E-state index contributed by atoms with van der Waals surface area (Å²) >= 11 is 0. The highest BCUT2D eigenvalue weighted by molar-refractivity contribution is 5.85. The van der Waals surface area contributed by atoms with E-state index in [2.05, 4.69) is 42.6 Å². The van der Waals surface area contributed by atoms with Crippen molar-refractivity contribution in [1.29, 1.82) is 0 Å². The van der Waals surface area contributed by atoms with Gasteiger partial charge in [0.15, 0.2) is 0 Å². The molecular weight excluding hydrogens is 230 g/mol. The fourth-order valence-electron chi connectivity index (χ4n) is 2.70. The summed E-state index contributed by atoms with van der Waals surface area (Å²) in [5.74, 6) is 0. The molecule has 1 aromatic carbocycles. The van der Waals surface area contributed by atoms with E-state index in [1.807, 2.05) is 0 Å². The van der Waals surface area contributed by atoms with Gasteiger partial charge in [-0.05, 0) is 31.7 Å². The van der Waals surface area contributed by atoms with Gasteiger partial charge in [0, 0.05) is 12.1 Å². The fraction of sp³-hybridized carbons (Fsp3) is 0.600. The van der Waals surface area contributed by atoms with Crippen LogP contribution in [0.15, 0.2) is 30.3 Å². The molecule has 1 aliphatic carbocycles. The Morgan fingerprint density at radius 1 is 1.12 bits per heavy atom. The molecule has 0 aliphatic heterocycles. The standard InChI is InChI=1S/C15H23N.ClH/c1-13(12-14-8-4-2-5-9-14)16-15-10-6-3-7-11-15;/h2,4-5,8-9,13,15-16H,3,6-7,10-12H2,1H3;1H. The van der Waals surface area contributed by atoms with E-state index in [0.29, 0.717) is 6.04 Å². The molecule has 0 saturated heterocycles. The maximum absolute atomic E-state index is 3.77. The predicted octanol–water partition coefficient (Wildman–Crippen LogP) is 3.96. The van der Waals surface area contributed by atoms with E-state index in [-0.39, 0.29) is 12.4 Å². The molecular formula is C15H24ClN. The van der Waals surface area contributed by atoms with E-state index in [9.17, 15) is 0 Å². The van der Waals surface area contributed by atoms with Crippen molar-refractivity contribution in [3.63, 3.8) is 0 Å². The van der Waals surface area contributed by atoms with Gasteiger partial charge in [-0.2, -0.15) is 0 Å². The Bertz CT molecular complexity index is 293. The van der Waals surface area contributed by atoms with Crippen LogP contribution in [-0.2, 0) is 6.42 Å². The van der Waals surface area contributed by atoms with Crippen molar-refractivity contribution in [2.24, 2.45) is 0 Å². The summed E-state index contributed by atoms with van der Waals surface area (Å²) in [7, 11) is 0. The van der Waals surface area contributed by atoms with Crippen LogP contribution in [-0.4, -0.2) is 12.1 Å². The van der Waals surface area contributed by atoms with Crippen molar-refractivity contribution in [3.05, 3.63) is 35.9 Å². The molecule has 0 bridgehead atoms. The molecule has 1 aliphatic rings. The van der Waals surface area contributed by atoms with E-state index in [1.54, 1.807) is 0 Å². The molecule has 1 aromatic rings. The van der Waals surface area contributed by atoms with Crippen molar-refractivity contribution < 1.29 is 0 Å². The largest absolute Gasteiger partial charge is 0.311 e. The normalized spacial score (nSPS) is 18.4. The minimum atomic E-state index is 0. The van der Waals surface area contributed by atoms with Gasteiger partial charge < -0.3 is 5.32 Å². The number of benzene rings is 1. The maximum Gasteiger partial charge on any atom is 0.00817 e. The van der Waals surface area contributed by atoms with Crippen molar-refractivity contribution in [3.8, 4) is 0 Å². The Morgan fingerprint density at radius 2 is 1.76 bits per heavy atom. The first-order valence-electron chi connectivity index (χ1n) is 6.64. The molecule has 0 amide bonds. The molecule has 2 heteroatoms. The summed E-state index contributed by atoms with van der Waals surface area (Å²) in [6.07, 6.45) is 8.16. The molecule has 1 N–H and O–H groups in total. The second-order valence-electron chi connectivity index (χ2n) is 5.09. The number of halogens is 1. The summed E-state index contributed by atoms with van der Waals surface area (Å²) in [6, 6.07) is 12.2. The van der Waals surface area contributed by atoms with Crippen molar-refractivity contribution in [1.82, 2.24) is 5.32 Å². The van der Waals surface area contributed by atoms with E-state index in [1.165, 1.54) is 37.7 Å². The lowest BCUT2D eigenvalue weighted by Gasteiger charge is -2.26. The molecule has 0 heterocycles. The lowest BCUT2D eigenvalue weighted by atomic mass is 9.94. The van der Waals surface area contributed by atoms with Gasteiger partial charge in [0.05, 0.1) is 0 Å². The molecule has 1 fully saturated rings. The Balaban J connectivity index is 0.00000144. The van der Waals surface area contributed by atoms with Crippen LogP contribution < -0.4 is 5.32 Å². The Kier molecular flexibility index (Phi) is 6.61. The summed E-state index contributed by atoms with van der Waals surface area (Å²) in [5, 5.41) is 3.77. The third-order valence-corrected chi connectivity index (χ3v) is 3.51. The van der Waals surface area contributed by atoms with Gasteiger partial charge in [0.2, 0.25) is 0 Å². The fourth-order valence-corrected chi connectivity index (χ4v) is 2.70. The quantitative estimate of drug-likeness (QED) is 0.857. The SMILES string of the molecule is CC(Cc1ccccc1)NC1CCCCC1.Cl. The van der Waals surface area contributed by atoms with Crippen LogP contribution in [0.1, 0.15) is 44.6 Å². The Hall–Kier alpha value is -0.530. The second-order valence-corrected chi connectivity index (χ2v) is 5.09. The van der Waals surface area contributed by atoms with Crippen LogP contribution in [0.25, 0.3) is 0 Å². The molecule has 17 heavy (non-hydrogen) atoms. The zero-order chi connectivity index (χ0) is 11.2. The molecule has 1 unspecified atom stereocenters. The van der Waals surface area contributed by atoms with Crippen molar-refractivity contribution in [2.45, 2.75) is 57.5 Å². The van der Waals surface area contributed by atoms with Crippen LogP contribution >= 0.6 is 12.4 Å². The zero-order valence-electron chi connectivity index (χ0n) is 10.7. The minimum absolute atomic E-state index is 0. The van der Waals surface area contributed by atoms with Crippen molar-refractivity contribution >= 4 is 12.4 Å². The smallest absolute Gasteiger partial charge is 0.00817 e. The van der Waals surface area contributed by atoms with Crippen molar-refractivity contribution in [2.75, 3.05) is 0 Å². The average Bonchev–Trinajstić information content (AvgIpc) is 2.31. The van der Waals surface area contributed by atoms with Crippen LogP contribution in [0.3, 0.4) is 0 Å². The van der Waals surface area contributed by atoms with Gasteiger partial charge in [-0.25, -0.2) is 0 Å². The number of hydrogen-bond donors (Lipinski definition) is 1. The van der Waals surface area contributed by atoms with E-state index in [4.69, 9.17) is 0 Å². The summed E-state index contributed by atoms with van der Waals surface area (Å²) < 4.78 is 0. The van der Waals surface area contributed by atoms with Crippen LogP contribution in [0.4, 0.5) is 0 Å². The van der Waals surface area contributed by atoms with Gasteiger partial charge in [-0.15, -0.1) is 12.4 Å². The lowest BCUT2D eigenvalue weighted by Crippen LogP contribution is -2.38. The van der Waals surface area contributed by atoms with Gasteiger partial charge in [0.1, 0.15) is 0 Å². The highest BCUT2D eigenvalue weighted by Gasteiger charge is 2.15. The number of hydrogen-bond acceptors (Lipinski definition) is 1. The first kappa shape index (κ1) is 14.5. The third-order valence-electron chi connectivity index (χ3n) is 3.51. The van der Waals surface area contributed by atoms with Gasteiger partial charge >= 0.3 is 0 Å². The summed E-state index contributed by atoms with van der Waals surface area (Å²) in [4.78, 5) is 0. The average molecular weight is 254 g/mol. The topological polar surface area (TPSA) is 12.0 Å². The molecule has 0 spiro atoms. The highest BCUT2D eigenvalue weighted by Crippen LogP contribution is 2.18. The molecule has 2 rings (SSSR count). The van der Waals surface area contributed by atoms with E-state index in [0.717, 1.165) is 12.5 Å². The third kappa shape index (κ3) is 5.10. The first-order chi connectivity index (χ1) is 7.84. The predicted molar refractivity (Wildman–Crippen MR) is 76.9 cm³/mol. The monoisotopic (exact) mass is 253 g/mol. The minimum Gasteiger partial charge on any atom is -0.311 e. The first-order valence-corrected chi connectivity index (χ1v) is 6.64. The Morgan fingerprint density at radius 3 is 2.41 bits per heavy atom. The van der Waals surface area contributed by atoms with Crippen LogP contribution in [0.2, 0.25) is 0 Å². The Labute approximate surface area is 111 Å². The highest BCUT2D eigenvalue weighted by atomic mass is 35.5. The molecule has 0 aromatic heterocycles. The number of rotatable bonds is 4. The summed E-state index contributed by atoms with van der Waals surface area (Å²) in [5.41, 5.74) is 1.44. The van der Waals surface area contributed by atoms with Gasteiger partial charge in [0.25, 0.3) is 0 Å². The van der Waals surface area contributed by atoms with Gasteiger partial charge in [-0.3, -0.25) is 0 Å². The lowest BCUT2D eigenvalue weighted by molar-refractivity contribution is 0.343. The molecule has 1 saturated carbocycles. The molecule has 1 atom stereocenters. The second kappa shape index (κ2) is 7.73. The number of nitrogens with one attached hydrogen (secondary N) is 1. The van der Waals surface area contributed by atoms with Gasteiger partial charge in [-0.1, -0.05) is 49.6 Å². The summed E-state index contributed by atoms with van der Waals surface area (Å²) in [6.45, 7) is 2.31. The molecule has 96 valence electrons. The zero-order valence-corrected chi connectivity index (χ0v) is 11.5. The molecule has 0 radical (unpaired) electrons.